The molecule has 0 unspecified atom stereocenters. The van der Waals surface area contributed by atoms with Crippen molar-refractivity contribution in [2.75, 3.05) is 13.2 Å². The summed E-state index contributed by atoms with van der Waals surface area (Å²) in [6, 6.07) is 0. The van der Waals surface area contributed by atoms with Crippen molar-refractivity contribution in [1.82, 2.24) is 0 Å². The zero-order valence-corrected chi connectivity index (χ0v) is 28.7. The van der Waals surface area contributed by atoms with Crippen LogP contribution in [-0.2, 0) is 9.36 Å². The summed E-state index contributed by atoms with van der Waals surface area (Å²) in [5.41, 5.74) is 0. The van der Waals surface area contributed by atoms with E-state index in [1.165, 1.54) is 70.6 Å². The molecule has 0 aliphatic heterocycles. The number of aliphatic carboxylic acids is 1. The molecule has 0 heterocycles. The summed E-state index contributed by atoms with van der Waals surface area (Å²) in [6.07, 6.45) is 20.3. The standard InChI is InChI=1S/C18H34O2.C3H8O3.3Na.H3O4P/c1-2-3-4-5-6-7-8-9-10-11-12-13-14-15-16-17-18(19)20;4-1-3(6)2-5;;;;1-5(2,3)4/h9-10H,2-8,11-17H2,1H3,(H,19,20);3-6H,1-2H2;;;;(H3,1,2,3,4)/q;;3*+1;/p-3. The molecule has 0 aromatic heterocycles. The summed E-state index contributed by atoms with van der Waals surface area (Å²) in [7, 11) is -5.39. The van der Waals surface area contributed by atoms with Gasteiger partial charge in [-0.15, -0.1) is 0 Å². The molecule has 0 rings (SSSR count). The zero-order chi connectivity index (χ0) is 24.4. The van der Waals surface area contributed by atoms with E-state index in [9.17, 15) is 4.79 Å². The fourth-order valence-electron chi connectivity index (χ4n) is 2.40. The van der Waals surface area contributed by atoms with Gasteiger partial charge in [0.25, 0.3) is 0 Å². The van der Waals surface area contributed by atoms with Gasteiger partial charge in [-0.2, -0.15) is 7.82 Å². The van der Waals surface area contributed by atoms with Crippen LogP contribution in [0.25, 0.3) is 0 Å². The van der Waals surface area contributed by atoms with Crippen LogP contribution in [0, 0.1) is 0 Å². The van der Waals surface area contributed by atoms with E-state index < -0.39 is 19.9 Å². The van der Waals surface area contributed by atoms with Gasteiger partial charge in [-0.25, -0.2) is 0 Å². The van der Waals surface area contributed by atoms with Gasteiger partial charge in [0.05, 0.1) is 13.2 Å². The van der Waals surface area contributed by atoms with Crippen LogP contribution in [0.5, 0.6) is 0 Å². The van der Waals surface area contributed by atoms with E-state index in [1.807, 2.05) is 0 Å². The number of hydrogen-bond acceptors (Lipinski definition) is 8. The Morgan fingerprint density at radius 2 is 1.09 bits per heavy atom. The number of aliphatic hydroxyl groups is 3. The molecular weight excluding hydrogens is 496 g/mol. The molecule has 0 fully saturated rings. The number of aliphatic hydroxyl groups excluding tert-OH is 3. The Labute approximate surface area is 272 Å². The topological polar surface area (TPSA) is 184 Å². The average molecular weight is 539 g/mol. The molecule has 0 amide bonds. The molecule has 34 heavy (non-hydrogen) atoms. The smallest absolute Gasteiger partial charge is 0.822 e. The van der Waals surface area contributed by atoms with Crippen LogP contribution in [0.1, 0.15) is 96.8 Å². The minimum Gasteiger partial charge on any atom is -0.822 e. The average Bonchev–Trinajstić information content (AvgIpc) is 2.69. The summed E-state index contributed by atoms with van der Waals surface area (Å²) in [4.78, 5) is 36.0. The predicted octanol–water partition coefficient (Wildman–Crippen LogP) is -7.37. The molecular formula is C21H42Na3O9P. The molecule has 13 heteroatoms. The third-order valence-electron chi connectivity index (χ3n) is 4.07. The maximum Gasteiger partial charge on any atom is 1.00 e. The molecule has 0 bridgehead atoms. The number of carboxylic acid groups (broad SMARTS) is 1. The van der Waals surface area contributed by atoms with Crippen LogP contribution < -0.4 is 103 Å². The number of allylic oxidation sites excluding steroid dienone is 2. The van der Waals surface area contributed by atoms with Gasteiger partial charge in [0.2, 0.25) is 0 Å². The number of carboxylic acids is 1. The van der Waals surface area contributed by atoms with E-state index in [0.29, 0.717) is 6.42 Å². The number of carbonyl (C=O) groups is 1. The molecule has 0 saturated carbocycles. The third-order valence-corrected chi connectivity index (χ3v) is 4.07. The number of hydrogen-bond donors (Lipinski definition) is 4. The van der Waals surface area contributed by atoms with Gasteiger partial charge in [-0.3, -0.25) is 4.79 Å². The fraction of sp³-hybridized carbons (Fsp3) is 0.857. The molecule has 0 aliphatic carbocycles. The minimum atomic E-state index is -5.39. The molecule has 0 saturated heterocycles. The van der Waals surface area contributed by atoms with Gasteiger partial charge in [-0.1, -0.05) is 70.4 Å². The summed E-state index contributed by atoms with van der Waals surface area (Å²) in [5.74, 6) is -0.664. The van der Waals surface area contributed by atoms with E-state index in [0.717, 1.165) is 12.8 Å². The van der Waals surface area contributed by atoms with Crippen LogP contribution in [0.4, 0.5) is 0 Å². The molecule has 0 aliphatic rings. The minimum absolute atomic E-state index is 0. The quantitative estimate of drug-likeness (QED) is 0.0605. The molecule has 0 atom stereocenters. The van der Waals surface area contributed by atoms with E-state index in [2.05, 4.69) is 19.1 Å². The van der Waals surface area contributed by atoms with Crippen molar-refractivity contribution in [3.63, 3.8) is 0 Å². The van der Waals surface area contributed by atoms with E-state index >= 15 is 0 Å². The normalized spacial score (nSPS) is 10.1. The zero-order valence-electron chi connectivity index (χ0n) is 21.8. The first-order chi connectivity index (χ1) is 14.6. The van der Waals surface area contributed by atoms with Crippen LogP contribution >= 0.6 is 7.82 Å². The molecule has 188 valence electrons. The Hall–Kier alpha value is 2.20. The maximum atomic E-state index is 10.3. The first-order valence-corrected chi connectivity index (χ1v) is 12.5. The molecule has 9 nitrogen and oxygen atoms in total. The fourth-order valence-corrected chi connectivity index (χ4v) is 2.40. The molecule has 4 N–H and O–H groups in total. The van der Waals surface area contributed by atoms with Crippen molar-refractivity contribution in [1.29, 1.82) is 0 Å². The summed E-state index contributed by atoms with van der Waals surface area (Å²) < 4.78 is 8.55. The summed E-state index contributed by atoms with van der Waals surface area (Å²) >= 11 is 0. The first kappa shape index (κ1) is 49.2. The number of rotatable bonds is 17. The van der Waals surface area contributed by atoms with Gasteiger partial charge < -0.3 is 39.7 Å². The Bertz CT molecular complexity index is 441. The van der Waals surface area contributed by atoms with E-state index in [4.69, 9.17) is 39.7 Å². The molecule has 0 spiro atoms. The third kappa shape index (κ3) is 70.0. The summed E-state index contributed by atoms with van der Waals surface area (Å²) in [6.45, 7) is 1.53. The SMILES string of the molecule is CCCCCCCCC=CCCCCCCCC(=O)O.O=P([O-])([O-])[O-].OCC(O)CO.[Na+].[Na+].[Na+]. The number of unbranched alkanes of at least 4 members (excludes halogenated alkanes) is 11. The van der Waals surface area contributed by atoms with Gasteiger partial charge >= 0.3 is 94.6 Å². The second kappa shape index (κ2) is 39.7. The molecule has 0 aromatic carbocycles. The van der Waals surface area contributed by atoms with Gasteiger partial charge in [0.1, 0.15) is 6.10 Å². The van der Waals surface area contributed by atoms with Crippen LogP contribution in [0.3, 0.4) is 0 Å². The largest absolute Gasteiger partial charge is 1.00 e. The van der Waals surface area contributed by atoms with E-state index in [1.54, 1.807) is 0 Å². The van der Waals surface area contributed by atoms with Crippen LogP contribution in [-0.4, -0.2) is 45.7 Å². The monoisotopic (exact) mass is 538 g/mol. The second-order valence-electron chi connectivity index (χ2n) is 7.19. The Balaban J connectivity index is -0.000000117. The second-order valence-corrected chi connectivity index (χ2v) is 8.09. The van der Waals surface area contributed by atoms with Crippen molar-refractivity contribution in [3.8, 4) is 0 Å². The maximum absolute atomic E-state index is 10.3. The first-order valence-electron chi connectivity index (χ1n) is 11.1. The van der Waals surface area contributed by atoms with Crippen molar-refractivity contribution < 1.29 is 133 Å². The Morgan fingerprint density at radius 1 is 0.765 bits per heavy atom. The predicted molar refractivity (Wildman–Crippen MR) is 115 cm³/mol. The van der Waals surface area contributed by atoms with Gasteiger partial charge in [0.15, 0.2) is 0 Å². The molecule has 0 radical (unpaired) electrons. The van der Waals surface area contributed by atoms with E-state index in [-0.39, 0.29) is 102 Å². The van der Waals surface area contributed by atoms with Crippen LogP contribution in [0.15, 0.2) is 12.2 Å². The van der Waals surface area contributed by atoms with Gasteiger partial charge in [-0.05, 0) is 32.1 Å². The van der Waals surface area contributed by atoms with Crippen molar-refractivity contribution >= 4 is 13.8 Å². The number of phosphoric acid groups is 1. The summed E-state index contributed by atoms with van der Waals surface area (Å²) in [5, 5.41) is 32.5. The Morgan fingerprint density at radius 3 is 1.38 bits per heavy atom. The Kier molecular flexibility index (Phi) is 57.4. The van der Waals surface area contributed by atoms with Crippen molar-refractivity contribution in [2.24, 2.45) is 0 Å². The van der Waals surface area contributed by atoms with Crippen LogP contribution in [0.2, 0.25) is 0 Å². The van der Waals surface area contributed by atoms with Crippen molar-refractivity contribution in [2.45, 2.75) is 103 Å². The van der Waals surface area contributed by atoms with Crippen molar-refractivity contribution in [3.05, 3.63) is 12.2 Å². The van der Waals surface area contributed by atoms with Gasteiger partial charge in [0, 0.05) is 6.42 Å². The molecule has 0 aromatic rings.